The van der Waals surface area contributed by atoms with Crippen molar-refractivity contribution < 1.29 is 24.2 Å². The Bertz CT molecular complexity index is 1050. The Morgan fingerprint density at radius 3 is 2.00 bits per heavy atom. The lowest BCUT2D eigenvalue weighted by Crippen LogP contribution is -2.39. The van der Waals surface area contributed by atoms with E-state index >= 15 is 0 Å². The molecule has 0 amide bonds. The van der Waals surface area contributed by atoms with Crippen LogP contribution >= 0.6 is 0 Å². The zero-order valence-electron chi connectivity index (χ0n) is 19.2. The number of aliphatic carboxylic acids is 1. The number of rotatable bonds is 7. The van der Waals surface area contributed by atoms with Gasteiger partial charge in [0.05, 0.1) is 13.5 Å². The summed E-state index contributed by atoms with van der Waals surface area (Å²) < 4.78 is 5.02. The molecule has 0 radical (unpaired) electrons. The van der Waals surface area contributed by atoms with Crippen LogP contribution in [0, 0.1) is 5.41 Å². The van der Waals surface area contributed by atoms with E-state index < -0.39 is 11.5 Å². The van der Waals surface area contributed by atoms with Crippen LogP contribution in [0.25, 0.3) is 0 Å². The molecule has 1 aliphatic heterocycles. The topological polar surface area (TPSA) is 105 Å². The Kier molecular flexibility index (Phi) is 8.56. The number of ketones is 2. The van der Waals surface area contributed by atoms with Gasteiger partial charge in [0.2, 0.25) is 0 Å². The fourth-order valence-corrected chi connectivity index (χ4v) is 2.98. The van der Waals surface area contributed by atoms with E-state index in [0.29, 0.717) is 16.9 Å². The van der Waals surface area contributed by atoms with Crippen molar-refractivity contribution >= 4 is 30.1 Å². The van der Waals surface area contributed by atoms with Gasteiger partial charge in [-0.25, -0.2) is 9.79 Å². The molecule has 0 fully saturated rings. The van der Waals surface area contributed by atoms with Gasteiger partial charge in [-0.05, 0) is 35.8 Å². The summed E-state index contributed by atoms with van der Waals surface area (Å²) in [6, 6.07) is 15.6. The van der Waals surface area contributed by atoms with Crippen molar-refractivity contribution in [3.63, 3.8) is 0 Å². The van der Waals surface area contributed by atoms with Gasteiger partial charge in [0.25, 0.3) is 0 Å². The smallest absolute Gasteiger partial charge is 0.328 e. The number of carbonyl (C=O) groups is 3. The molecule has 3 rings (SSSR count). The molecule has 0 aromatic heterocycles. The van der Waals surface area contributed by atoms with E-state index in [1.54, 1.807) is 67.9 Å². The minimum atomic E-state index is -0.968. The normalized spacial score (nSPS) is 16.8. The van der Waals surface area contributed by atoms with Crippen LogP contribution in [0.4, 0.5) is 0 Å². The molecule has 1 N–H and O–H groups in total. The van der Waals surface area contributed by atoms with Gasteiger partial charge in [0, 0.05) is 23.4 Å². The fraction of sp³-hybridized carbons (Fsp3) is 0.269. The largest absolute Gasteiger partial charge is 0.497 e. The molecule has 1 aliphatic rings. The highest BCUT2D eigenvalue weighted by atomic mass is 16.5. The van der Waals surface area contributed by atoms with Crippen molar-refractivity contribution in [2.45, 2.75) is 32.7 Å². The van der Waals surface area contributed by atoms with Crippen LogP contribution in [0.15, 0.2) is 76.7 Å². The molecule has 7 heteroatoms. The van der Waals surface area contributed by atoms with Crippen molar-refractivity contribution in [3.8, 4) is 5.75 Å². The monoisotopic (exact) mass is 448 g/mol. The highest BCUT2D eigenvalue weighted by Gasteiger charge is 2.39. The first-order chi connectivity index (χ1) is 15.6. The van der Waals surface area contributed by atoms with Gasteiger partial charge in [-0.2, -0.15) is 0 Å². The van der Waals surface area contributed by atoms with Crippen molar-refractivity contribution in [2.75, 3.05) is 7.11 Å². The maximum Gasteiger partial charge on any atom is 0.328 e. The van der Waals surface area contributed by atoms with Crippen molar-refractivity contribution in [1.82, 2.24) is 0 Å². The molecular weight excluding hydrogens is 420 g/mol. The van der Waals surface area contributed by atoms with Gasteiger partial charge in [-0.1, -0.05) is 51.1 Å². The predicted octanol–water partition coefficient (Wildman–Crippen LogP) is 4.68. The first-order valence-electron chi connectivity index (χ1n) is 10.3. The SMILES string of the molecule is CC(C)(C)C1(C=CC(=O)O)C=NC=N1.COc1ccc(C(=O)CC(=O)c2ccccc2)cc1. The molecule has 172 valence electrons. The number of carboxylic acids is 1. The Morgan fingerprint density at radius 2 is 1.55 bits per heavy atom. The van der Waals surface area contributed by atoms with E-state index in [0.717, 1.165) is 6.08 Å². The van der Waals surface area contributed by atoms with Crippen LogP contribution in [-0.2, 0) is 4.79 Å². The number of Topliss-reactive ketones (excluding diaryl/α,β-unsaturated/α-hetero) is 2. The summed E-state index contributed by atoms with van der Waals surface area (Å²) in [4.78, 5) is 42.4. The highest BCUT2D eigenvalue weighted by Crippen LogP contribution is 2.35. The van der Waals surface area contributed by atoms with Crippen molar-refractivity contribution in [2.24, 2.45) is 15.4 Å². The number of aliphatic imine (C=N–C) groups is 2. The molecule has 2 aromatic carbocycles. The summed E-state index contributed by atoms with van der Waals surface area (Å²) in [6.07, 6.45) is 5.70. The number of ether oxygens (including phenoxy) is 1. The summed E-state index contributed by atoms with van der Waals surface area (Å²) in [5.74, 6) is -0.631. The highest BCUT2D eigenvalue weighted by molar-refractivity contribution is 6.13. The summed E-state index contributed by atoms with van der Waals surface area (Å²) >= 11 is 0. The van der Waals surface area contributed by atoms with Crippen LogP contribution in [-0.4, -0.2) is 47.8 Å². The Morgan fingerprint density at radius 1 is 0.970 bits per heavy atom. The third kappa shape index (κ3) is 7.07. The van der Waals surface area contributed by atoms with Crippen molar-refractivity contribution in [3.05, 3.63) is 77.9 Å². The zero-order valence-corrected chi connectivity index (χ0v) is 19.2. The Balaban J connectivity index is 0.000000245. The lowest BCUT2D eigenvalue weighted by molar-refractivity contribution is -0.131. The van der Waals surface area contributed by atoms with Gasteiger partial charge < -0.3 is 9.84 Å². The molecule has 1 unspecified atom stereocenters. The first-order valence-corrected chi connectivity index (χ1v) is 10.3. The number of carbonyl (C=O) groups excluding carboxylic acids is 2. The van der Waals surface area contributed by atoms with E-state index in [2.05, 4.69) is 9.98 Å². The standard InChI is InChI=1S/C16H14O3.C10H14N2O2/c1-19-14-9-7-13(8-10-14)16(18)11-15(17)12-5-3-2-4-6-12;1-9(2,3)10(5-4-8(13)14)6-11-7-12-10/h2-10H,11H2,1H3;4-7H,1-3H3,(H,13,14). The molecule has 1 heterocycles. The molecule has 0 saturated heterocycles. The Labute approximate surface area is 193 Å². The van der Waals surface area contributed by atoms with Crippen LogP contribution < -0.4 is 4.74 Å². The first kappa shape index (κ1) is 25.4. The van der Waals surface area contributed by atoms with Gasteiger partial charge >= 0.3 is 5.97 Å². The molecular formula is C26H28N2O5. The van der Waals surface area contributed by atoms with Crippen LogP contribution in [0.1, 0.15) is 47.9 Å². The molecule has 2 aromatic rings. The zero-order chi connectivity index (χ0) is 24.5. The molecule has 0 aliphatic carbocycles. The molecule has 0 saturated carbocycles. The summed E-state index contributed by atoms with van der Waals surface area (Å²) in [5.41, 5.74) is 0.273. The van der Waals surface area contributed by atoms with Gasteiger partial charge in [-0.15, -0.1) is 0 Å². The van der Waals surface area contributed by atoms with Gasteiger partial charge in [0.1, 0.15) is 17.6 Å². The molecule has 0 bridgehead atoms. The van der Waals surface area contributed by atoms with E-state index in [-0.39, 0.29) is 23.4 Å². The predicted molar refractivity (Wildman–Crippen MR) is 129 cm³/mol. The number of hydrogen-bond acceptors (Lipinski definition) is 6. The minimum Gasteiger partial charge on any atom is -0.497 e. The number of nitrogens with zero attached hydrogens (tertiary/aromatic N) is 2. The van der Waals surface area contributed by atoms with E-state index in [4.69, 9.17) is 9.84 Å². The fourth-order valence-electron chi connectivity index (χ4n) is 2.98. The molecule has 33 heavy (non-hydrogen) atoms. The summed E-state index contributed by atoms with van der Waals surface area (Å²) in [6.45, 7) is 5.98. The quantitative estimate of drug-likeness (QED) is 0.376. The van der Waals surface area contributed by atoms with Crippen LogP contribution in [0.2, 0.25) is 0 Å². The van der Waals surface area contributed by atoms with Crippen molar-refractivity contribution in [1.29, 1.82) is 0 Å². The average Bonchev–Trinajstić information content (AvgIpc) is 3.29. The molecule has 0 spiro atoms. The van der Waals surface area contributed by atoms with Gasteiger partial charge in [-0.3, -0.25) is 14.6 Å². The molecule has 1 atom stereocenters. The van der Waals surface area contributed by atoms with Crippen LogP contribution in [0.5, 0.6) is 5.75 Å². The third-order valence-electron chi connectivity index (χ3n) is 5.12. The number of carboxylic acid groups (broad SMARTS) is 1. The number of benzene rings is 2. The summed E-state index contributed by atoms with van der Waals surface area (Å²) in [5, 5.41) is 8.57. The number of methoxy groups -OCH3 is 1. The maximum absolute atomic E-state index is 12.0. The number of hydrogen-bond donors (Lipinski definition) is 1. The van der Waals surface area contributed by atoms with E-state index in [1.165, 1.54) is 6.34 Å². The molecule has 7 nitrogen and oxygen atoms in total. The van der Waals surface area contributed by atoms with E-state index in [9.17, 15) is 14.4 Å². The summed E-state index contributed by atoms with van der Waals surface area (Å²) in [7, 11) is 1.57. The minimum absolute atomic E-state index is 0.115. The third-order valence-corrected chi connectivity index (χ3v) is 5.12. The van der Waals surface area contributed by atoms with Gasteiger partial charge in [0.15, 0.2) is 11.6 Å². The van der Waals surface area contributed by atoms with Crippen LogP contribution in [0.3, 0.4) is 0 Å². The second-order valence-corrected chi connectivity index (χ2v) is 8.39. The average molecular weight is 449 g/mol. The second kappa shape index (κ2) is 11.1. The lowest BCUT2D eigenvalue weighted by Gasteiger charge is -2.33. The Hall–Kier alpha value is -3.87. The van der Waals surface area contributed by atoms with E-state index in [1.807, 2.05) is 26.8 Å². The maximum atomic E-state index is 12.0. The lowest BCUT2D eigenvalue weighted by atomic mass is 9.75. The second-order valence-electron chi connectivity index (χ2n) is 8.39.